The van der Waals surface area contributed by atoms with E-state index in [1.807, 2.05) is 26.2 Å². The zero-order valence-corrected chi connectivity index (χ0v) is 15.6. The number of allylic oxidation sites excluding steroid dienone is 1. The topological polar surface area (TPSA) is 20.3 Å². The lowest BCUT2D eigenvalue weighted by Crippen LogP contribution is -2.14. The van der Waals surface area contributed by atoms with E-state index in [4.69, 9.17) is 0 Å². The highest BCUT2D eigenvalue weighted by Gasteiger charge is 2.15. The normalized spacial score (nSPS) is 13.1. The van der Waals surface area contributed by atoms with Gasteiger partial charge in [-0.1, -0.05) is 77.7 Å². The van der Waals surface area contributed by atoms with Crippen molar-refractivity contribution in [2.45, 2.75) is 84.5 Å². The van der Waals surface area contributed by atoms with E-state index in [0.29, 0.717) is 5.78 Å². The minimum absolute atomic E-state index is 0.261. The van der Waals surface area contributed by atoms with Crippen LogP contribution in [0.25, 0.3) is 0 Å². The molecule has 0 amide bonds. The highest BCUT2D eigenvalue weighted by Crippen LogP contribution is 2.20. The number of likely N-dealkylation sites (N-methyl/N-ethyl adjacent to an activating group) is 1. The van der Waals surface area contributed by atoms with E-state index in [0.717, 1.165) is 19.4 Å². The molecule has 0 aliphatic carbocycles. The molecule has 0 aromatic heterocycles. The van der Waals surface area contributed by atoms with Crippen LogP contribution in [0.4, 0.5) is 0 Å². The van der Waals surface area contributed by atoms with E-state index in [1.165, 1.54) is 57.8 Å². The third kappa shape index (κ3) is 13.1. The first kappa shape index (κ1) is 21.4. The van der Waals surface area contributed by atoms with Crippen molar-refractivity contribution in [1.29, 1.82) is 0 Å². The van der Waals surface area contributed by atoms with Crippen molar-refractivity contribution in [1.82, 2.24) is 4.90 Å². The number of carbonyl (C=O) groups excluding carboxylic acids is 1. The van der Waals surface area contributed by atoms with Crippen molar-refractivity contribution >= 4 is 5.78 Å². The summed E-state index contributed by atoms with van der Waals surface area (Å²) in [7, 11) is 4.07. The van der Waals surface area contributed by atoms with Gasteiger partial charge in [0.25, 0.3) is 0 Å². The Morgan fingerprint density at radius 3 is 1.86 bits per heavy atom. The van der Waals surface area contributed by atoms with Gasteiger partial charge >= 0.3 is 0 Å². The molecule has 22 heavy (non-hydrogen) atoms. The van der Waals surface area contributed by atoms with Gasteiger partial charge in [0.2, 0.25) is 0 Å². The second kappa shape index (κ2) is 15.3. The average molecular weight is 310 g/mol. The number of nitrogens with zero attached hydrogens (tertiary/aromatic N) is 1. The second-order valence-corrected chi connectivity index (χ2v) is 6.82. The molecule has 130 valence electrons. The molecule has 0 heterocycles. The Hall–Kier alpha value is -0.630. The highest BCUT2D eigenvalue weighted by atomic mass is 16.1. The summed E-state index contributed by atoms with van der Waals surface area (Å²) in [6.45, 7) is 5.33. The molecule has 2 nitrogen and oxygen atoms in total. The first-order valence-corrected chi connectivity index (χ1v) is 9.46. The van der Waals surface area contributed by atoms with Crippen molar-refractivity contribution in [3.63, 3.8) is 0 Å². The van der Waals surface area contributed by atoms with Crippen LogP contribution in [-0.2, 0) is 4.79 Å². The number of hydrogen-bond acceptors (Lipinski definition) is 2. The molecule has 0 rings (SSSR count). The van der Waals surface area contributed by atoms with Crippen LogP contribution >= 0.6 is 0 Å². The predicted molar refractivity (Wildman–Crippen MR) is 98.3 cm³/mol. The van der Waals surface area contributed by atoms with Crippen LogP contribution in [-0.4, -0.2) is 31.3 Å². The van der Waals surface area contributed by atoms with E-state index >= 15 is 0 Å². The molecular weight excluding hydrogens is 270 g/mol. The quantitative estimate of drug-likeness (QED) is 0.289. The minimum Gasteiger partial charge on any atom is -0.306 e. The van der Waals surface area contributed by atoms with Crippen LogP contribution in [0.1, 0.15) is 84.5 Å². The lowest BCUT2D eigenvalue weighted by molar-refractivity contribution is -0.118. The van der Waals surface area contributed by atoms with Crippen LogP contribution < -0.4 is 0 Å². The number of unbranched alkanes of at least 4 members (excludes halogenated alkanes) is 7. The Bertz CT molecular complexity index is 283. The van der Waals surface area contributed by atoms with Gasteiger partial charge in [-0.25, -0.2) is 0 Å². The highest BCUT2D eigenvalue weighted by molar-refractivity contribution is 5.91. The van der Waals surface area contributed by atoms with Gasteiger partial charge in [0.05, 0.1) is 0 Å². The maximum Gasteiger partial charge on any atom is 0.158 e. The lowest BCUT2D eigenvalue weighted by atomic mass is 9.90. The molecule has 0 aliphatic rings. The maximum absolute atomic E-state index is 12.4. The van der Waals surface area contributed by atoms with E-state index in [9.17, 15) is 4.79 Å². The predicted octanol–water partition coefficient (Wildman–Crippen LogP) is 5.62. The van der Waals surface area contributed by atoms with Crippen LogP contribution in [0.15, 0.2) is 12.2 Å². The molecule has 0 aliphatic heterocycles. The molecule has 0 saturated heterocycles. The van der Waals surface area contributed by atoms with Crippen LogP contribution in [0.3, 0.4) is 0 Å². The molecule has 0 aromatic carbocycles. The lowest BCUT2D eigenvalue weighted by Gasteiger charge is -2.14. The first-order valence-electron chi connectivity index (χ1n) is 9.46. The molecule has 0 fully saturated rings. The maximum atomic E-state index is 12.4. The summed E-state index contributed by atoms with van der Waals surface area (Å²) in [6, 6.07) is 0. The van der Waals surface area contributed by atoms with E-state index in [2.05, 4.69) is 18.7 Å². The molecule has 0 unspecified atom stereocenters. The molecule has 2 heteroatoms. The smallest absolute Gasteiger partial charge is 0.158 e. The van der Waals surface area contributed by atoms with Crippen LogP contribution in [0.5, 0.6) is 0 Å². The Morgan fingerprint density at radius 1 is 0.864 bits per heavy atom. The van der Waals surface area contributed by atoms with E-state index in [1.54, 1.807) is 0 Å². The van der Waals surface area contributed by atoms with Gasteiger partial charge in [-0.2, -0.15) is 0 Å². The standard InChI is InChI=1S/C20H39NO/c1-5-7-9-11-13-16-19(15-12-10-8-6-2)20(22)17-14-18-21(3)4/h14,17,19H,5-13,15-16,18H2,1-4H3/b17-14+/t19-/m1/s1. The fourth-order valence-electron chi connectivity index (χ4n) is 2.76. The van der Waals surface area contributed by atoms with Crippen LogP contribution in [0.2, 0.25) is 0 Å². The van der Waals surface area contributed by atoms with Crippen molar-refractivity contribution in [2.24, 2.45) is 5.92 Å². The molecule has 0 bridgehead atoms. The van der Waals surface area contributed by atoms with Crippen molar-refractivity contribution in [3.8, 4) is 0 Å². The molecule has 1 atom stereocenters. The Labute approximate surface area is 139 Å². The Balaban J connectivity index is 4.18. The third-order valence-corrected chi connectivity index (χ3v) is 4.22. The van der Waals surface area contributed by atoms with Crippen molar-refractivity contribution in [3.05, 3.63) is 12.2 Å². The molecule has 0 saturated carbocycles. The second-order valence-electron chi connectivity index (χ2n) is 6.82. The first-order chi connectivity index (χ1) is 10.6. The summed E-state index contributed by atoms with van der Waals surface area (Å²) in [4.78, 5) is 14.5. The van der Waals surface area contributed by atoms with Gasteiger partial charge in [0.1, 0.15) is 0 Å². The van der Waals surface area contributed by atoms with Gasteiger partial charge in [-0.05, 0) is 33.0 Å². The molecule has 0 radical (unpaired) electrons. The van der Waals surface area contributed by atoms with Crippen molar-refractivity contribution < 1.29 is 4.79 Å². The summed E-state index contributed by atoms with van der Waals surface area (Å²) >= 11 is 0. The number of hydrogen-bond donors (Lipinski definition) is 0. The van der Waals surface area contributed by atoms with Gasteiger partial charge < -0.3 is 4.90 Å². The monoisotopic (exact) mass is 309 g/mol. The number of ketones is 1. The fourth-order valence-corrected chi connectivity index (χ4v) is 2.76. The molecule has 0 spiro atoms. The molecule has 0 aromatic rings. The Kier molecular flexibility index (Phi) is 14.8. The molecular formula is C20H39NO. The van der Waals surface area contributed by atoms with Gasteiger partial charge in [0.15, 0.2) is 5.78 Å². The number of carbonyl (C=O) groups is 1. The number of rotatable bonds is 15. The SMILES string of the molecule is CCCCCCC[C@@H](CCCCCC)C(=O)/C=C/CN(C)C. The van der Waals surface area contributed by atoms with E-state index < -0.39 is 0 Å². The van der Waals surface area contributed by atoms with Crippen LogP contribution in [0, 0.1) is 5.92 Å². The molecule has 0 N–H and O–H groups in total. The minimum atomic E-state index is 0.261. The van der Waals surface area contributed by atoms with Gasteiger partial charge in [0, 0.05) is 12.5 Å². The largest absolute Gasteiger partial charge is 0.306 e. The van der Waals surface area contributed by atoms with E-state index in [-0.39, 0.29) is 5.92 Å². The third-order valence-electron chi connectivity index (χ3n) is 4.22. The van der Waals surface area contributed by atoms with Gasteiger partial charge in [-0.3, -0.25) is 4.79 Å². The summed E-state index contributed by atoms with van der Waals surface area (Å²) in [5.41, 5.74) is 0. The summed E-state index contributed by atoms with van der Waals surface area (Å²) in [5.74, 6) is 0.616. The fraction of sp³-hybridized carbons (Fsp3) is 0.850. The van der Waals surface area contributed by atoms with Crippen molar-refractivity contribution in [2.75, 3.05) is 20.6 Å². The zero-order valence-electron chi connectivity index (χ0n) is 15.6. The average Bonchev–Trinajstić information content (AvgIpc) is 2.48. The Morgan fingerprint density at radius 2 is 1.36 bits per heavy atom. The van der Waals surface area contributed by atoms with Gasteiger partial charge in [-0.15, -0.1) is 0 Å². The zero-order chi connectivity index (χ0) is 16.6. The summed E-state index contributed by atoms with van der Waals surface area (Å²) in [5, 5.41) is 0. The summed E-state index contributed by atoms with van der Waals surface area (Å²) < 4.78 is 0. The summed E-state index contributed by atoms with van der Waals surface area (Å²) in [6.07, 6.45) is 17.5.